The first-order valence-electron chi connectivity index (χ1n) is 2.81. The van der Waals surface area contributed by atoms with Crippen LogP contribution in [0.3, 0.4) is 0 Å². The van der Waals surface area contributed by atoms with Crippen LogP contribution in [0.15, 0.2) is 17.1 Å². The van der Waals surface area contributed by atoms with Crippen molar-refractivity contribution in [2.75, 3.05) is 0 Å². The monoisotopic (exact) mass is 138 g/mol. The summed E-state index contributed by atoms with van der Waals surface area (Å²) in [6.45, 7) is 0. The van der Waals surface area contributed by atoms with E-state index in [-0.39, 0.29) is 12.0 Å². The molecule has 4 nitrogen and oxygen atoms in total. The number of hydrogen-bond donors (Lipinski definition) is 1. The highest BCUT2D eigenvalue weighted by molar-refractivity contribution is 5.52. The molecule has 0 amide bonds. The summed E-state index contributed by atoms with van der Waals surface area (Å²) in [5.41, 5.74) is -0.230. The summed E-state index contributed by atoms with van der Waals surface area (Å²) in [7, 11) is 0. The van der Waals surface area contributed by atoms with Gasteiger partial charge in [-0.25, -0.2) is 4.98 Å². The van der Waals surface area contributed by atoms with E-state index in [2.05, 4.69) is 9.97 Å². The lowest BCUT2D eigenvalue weighted by atomic mass is 10.4. The zero-order chi connectivity index (χ0) is 7.40. The van der Waals surface area contributed by atoms with E-state index in [9.17, 15) is 9.59 Å². The molecule has 0 atom stereocenters. The van der Waals surface area contributed by atoms with E-state index in [1.165, 1.54) is 12.3 Å². The molecule has 0 saturated carbocycles. The minimum Gasteiger partial charge on any atom is -0.310 e. The molecule has 1 aromatic heterocycles. The number of rotatable bonds is 2. The van der Waals surface area contributed by atoms with E-state index < -0.39 is 0 Å². The highest BCUT2D eigenvalue weighted by Crippen LogP contribution is 1.80. The molecule has 0 fully saturated rings. The van der Waals surface area contributed by atoms with Crippen molar-refractivity contribution >= 4 is 6.29 Å². The van der Waals surface area contributed by atoms with Gasteiger partial charge in [0, 0.05) is 12.3 Å². The Hall–Kier alpha value is -1.45. The van der Waals surface area contributed by atoms with Gasteiger partial charge in [0.25, 0.3) is 5.56 Å². The highest BCUT2D eigenvalue weighted by Gasteiger charge is 1.90. The first-order valence-corrected chi connectivity index (χ1v) is 2.81. The van der Waals surface area contributed by atoms with Gasteiger partial charge >= 0.3 is 0 Å². The van der Waals surface area contributed by atoms with Crippen LogP contribution in [0.5, 0.6) is 0 Å². The van der Waals surface area contributed by atoms with E-state index in [0.29, 0.717) is 12.1 Å². The Morgan fingerprint density at radius 1 is 1.70 bits per heavy atom. The molecule has 0 aliphatic rings. The summed E-state index contributed by atoms with van der Waals surface area (Å²) in [6, 6.07) is 1.30. The summed E-state index contributed by atoms with van der Waals surface area (Å²) < 4.78 is 0. The second kappa shape index (κ2) is 2.91. The maximum absolute atomic E-state index is 10.6. The molecule has 4 heteroatoms. The normalized spacial score (nSPS) is 9.20. The standard InChI is InChI=1S/C6H6N2O2/c9-4-2-5-7-3-1-6(10)8-5/h1,3-4H,2H2,(H,7,8,10). The summed E-state index contributed by atoms with van der Waals surface area (Å²) in [6.07, 6.45) is 2.23. The Morgan fingerprint density at radius 2 is 2.50 bits per heavy atom. The summed E-state index contributed by atoms with van der Waals surface area (Å²) >= 11 is 0. The van der Waals surface area contributed by atoms with Crippen molar-refractivity contribution in [2.45, 2.75) is 6.42 Å². The minimum absolute atomic E-state index is 0.163. The van der Waals surface area contributed by atoms with Gasteiger partial charge in [-0.3, -0.25) is 4.79 Å². The summed E-state index contributed by atoms with van der Waals surface area (Å²) in [4.78, 5) is 26.6. The maximum atomic E-state index is 10.6. The molecule has 0 aliphatic heterocycles. The molecule has 1 aromatic rings. The van der Waals surface area contributed by atoms with Gasteiger partial charge in [0.1, 0.15) is 12.1 Å². The Bertz CT molecular complexity index is 279. The molecule has 1 heterocycles. The number of carbonyl (C=O) groups is 1. The van der Waals surface area contributed by atoms with Crippen LogP contribution in [0.4, 0.5) is 0 Å². The van der Waals surface area contributed by atoms with Crippen LogP contribution in [-0.2, 0) is 11.2 Å². The lowest BCUT2D eigenvalue weighted by Gasteiger charge is -1.89. The number of nitrogens with one attached hydrogen (secondary N) is 1. The molecular weight excluding hydrogens is 132 g/mol. The van der Waals surface area contributed by atoms with Crippen molar-refractivity contribution in [1.29, 1.82) is 0 Å². The Balaban J connectivity index is 2.95. The van der Waals surface area contributed by atoms with Crippen LogP contribution in [0.25, 0.3) is 0 Å². The zero-order valence-corrected chi connectivity index (χ0v) is 5.20. The molecule has 0 aliphatic carbocycles. The molecular formula is C6H6N2O2. The van der Waals surface area contributed by atoms with Gasteiger partial charge in [-0.15, -0.1) is 0 Å². The number of H-pyrrole nitrogens is 1. The average molecular weight is 138 g/mol. The van der Waals surface area contributed by atoms with Crippen LogP contribution in [0.1, 0.15) is 5.82 Å². The topological polar surface area (TPSA) is 62.8 Å². The second-order valence-electron chi connectivity index (χ2n) is 1.75. The predicted molar refractivity (Wildman–Crippen MR) is 34.6 cm³/mol. The number of aromatic nitrogens is 2. The SMILES string of the molecule is O=CCc1nccc(=O)[nH]1. The van der Waals surface area contributed by atoms with E-state index in [1.54, 1.807) is 0 Å². The quantitative estimate of drug-likeness (QED) is 0.561. The second-order valence-corrected chi connectivity index (χ2v) is 1.75. The van der Waals surface area contributed by atoms with Gasteiger partial charge in [0.15, 0.2) is 0 Å². The maximum Gasteiger partial charge on any atom is 0.250 e. The Kier molecular flexibility index (Phi) is 1.94. The molecule has 0 radical (unpaired) electrons. The fourth-order valence-corrected chi connectivity index (χ4v) is 0.594. The molecule has 0 bridgehead atoms. The number of aldehydes is 1. The van der Waals surface area contributed by atoms with Crippen molar-refractivity contribution in [3.63, 3.8) is 0 Å². The van der Waals surface area contributed by atoms with Gasteiger partial charge in [-0.2, -0.15) is 0 Å². The van der Waals surface area contributed by atoms with Gasteiger partial charge in [0.05, 0.1) is 6.42 Å². The van der Waals surface area contributed by atoms with E-state index >= 15 is 0 Å². The van der Waals surface area contributed by atoms with E-state index in [0.717, 1.165) is 0 Å². The third kappa shape index (κ3) is 1.51. The van der Waals surface area contributed by atoms with Crippen molar-refractivity contribution in [2.24, 2.45) is 0 Å². The molecule has 1 N–H and O–H groups in total. The first-order chi connectivity index (χ1) is 4.83. The molecule has 10 heavy (non-hydrogen) atoms. The highest BCUT2D eigenvalue weighted by atomic mass is 16.1. The number of carbonyl (C=O) groups excluding carboxylic acids is 1. The van der Waals surface area contributed by atoms with Gasteiger partial charge < -0.3 is 9.78 Å². The first kappa shape index (κ1) is 6.67. The van der Waals surface area contributed by atoms with E-state index in [4.69, 9.17) is 0 Å². The summed E-state index contributed by atoms with van der Waals surface area (Å²) in [5, 5.41) is 0. The van der Waals surface area contributed by atoms with Crippen LogP contribution >= 0.6 is 0 Å². The Morgan fingerprint density at radius 3 is 3.10 bits per heavy atom. The molecule has 0 aromatic carbocycles. The average Bonchev–Trinajstić information content (AvgIpc) is 1.88. The molecule has 0 unspecified atom stereocenters. The molecule has 1 rings (SSSR count). The fraction of sp³-hybridized carbons (Fsp3) is 0.167. The number of nitrogens with zero attached hydrogens (tertiary/aromatic N) is 1. The predicted octanol–water partition coefficient (Wildman–Crippen LogP) is -0.489. The van der Waals surface area contributed by atoms with Crippen molar-refractivity contribution in [1.82, 2.24) is 9.97 Å². The van der Waals surface area contributed by atoms with Crippen LogP contribution in [-0.4, -0.2) is 16.3 Å². The number of hydrogen-bond acceptors (Lipinski definition) is 3. The molecule has 0 spiro atoms. The summed E-state index contributed by atoms with van der Waals surface area (Å²) in [5.74, 6) is 0.405. The van der Waals surface area contributed by atoms with Crippen molar-refractivity contribution in [3.05, 3.63) is 28.4 Å². The van der Waals surface area contributed by atoms with Gasteiger partial charge in [0.2, 0.25) is 0 Å². The molecule has 52 valence electrons. The third-order valence-corrected chi connectivity index (χ3v) is 1.00. The zero-order valence-electron chi connectivity index (χ0n) is 5.20. The fourth-order valence-electron chi connectivity index (χ4n) is 0.594. The lowest BCUT2D eigenvalue weighted by Crippen LogP contribution is -2.08. The Labute approximate surface area is 56.9 Å². The van der Waals surface area contributed by atoms with Crippen LogP contribution < -0.4 is 5.56 Å². The third-order valence-electron chi connectivity index (χ3n) is 1.00. The van der Waals surface area contributed by atoms with Crippen molar-refractivity contribution < 1.29 is 4.79 Å². The van der Waals surface area contributed by atoms with Gasteiger partial charge in [-0.1, -0.05) is 0 Å². The van der Waals surface area contributed by atoms with Gasteiger partial charge in [-0.05, 0) is 0 Å². The number of aromatic amines is 1. The van der Waals surface area contributed by atoms with Crippen molar-refractivity contribution in [3.8, 4) is 0 Å². The smallest absolute Gasteiger partial charge is 0.250 e. The van der Waals surface area contributed by atoms with E-state index in [1.807, 2.05) is 0 Å². The van der Waals surface area contributed by atoms with Crippen LogP contribution in [0.2, 0.25) is 0 Å². The molecule has 0 saturated heterocycles. The minimum atomic E-state index is -0.230. The largest absolute Gasteiger partial charge is 0.310 e. The van der Waals surface area contributed by atoms with Crippen LogP contribution in [0, 0.1) is 0 Å². The lowest BCUT2D eigenvalue weighted by molar-refractivity contribution is -0.107.